The zero-order valence-electron chi connectivity index (χ0n) is 12.9. The maximum atomic E-state index is 12.3. The van der Waals surface area contributed by atoms with Crippen LogP contribution in [0.15, 0.2) is 47.5 Å². The SMILES string of the molecule is CCOc1ncccc1CNC(=O)c1ccccc1S(C)(=O)=O. The van der Waals surface area contributed by atoms with Gasteiger partial charge in [-0.25, -0.2) is 13.4 Å². The molecule has 0 saturated carbocycles. The van der Waals surface area contributed by atoms with Gasteiger partial charge in [-0.05, 0) is 25.1 Å². The molecule has 1 amide bonds. The molecule has 0 bridgehead atoms. The van der Waals surface area contributed by atoms with E-state index in [1.54, 1.807) is 30.5 Å². The molecule has 0 saturated heterocycles. The van der Waals surface area contributed by atoms with Crippen LogP contribution in [0.25, 0.3) is 0 Å². The molecular formula is C16H18N2O4S. The summed E-state index contributed by atoms with van der Waals surface area (Å²) in [7, 11) is -3.48. The van der Waals surface area contributed by atoms with Crippen LogP contribution in [-0.4, -0.2) is 32.2 Å². The molecule has 0 spiro atoms. The minimum absolute atomic E-state index is 0.00807. The average Bonchev–Trinajstić information content (AvgIpc) is 2.53. The van der Waals surface area contributed by atoms with Crippen molar-refractivity contribution >= 4 is 15.7 Å². The monoisotopic (exact) mass is 334 g/mol. The summed E-state index contributed by atoms with van der Waals surface area (Å²) >= 11 is 0. The summed E-state index contributed by atoms with van der Waals surface area (Å²) in [5.74, 6) is -0.0102. The molecule has 122 valence electrons. The van der Waals surface area contributed by atoms with Gasteiger partial charge < -0.3 is 10.1 Å². The van der Waals surface area contributed by atoms with Gasteiger partial charge in [-0.2, -0.15) is 0 Å². The summed E-state index contributed by atoms with van der Waals surface area (Å²) in [4.78, 5) is 16.4. The summed E-state index contributed by atoms with van der Waals surface area (Å²) < 4.78 is 28.9. The second-order valence-electron chi connectivity index (χ2n) is 4.85. The number of nitrogens with zero attached hydrogens (tertiary/aromatic N) is 1. The zero-order chi connectivity index (χ0) is 16.9. The fourth-order valence-electron chi connectivity index (χ4n) is 2.07. The van der Waals surface area contributed by atoms with Crippen LogP contribution in [0.4, 0.5) is 0 Å². The van der Waals surface area contributed by atoms with Crippen molar-refractivity contribution in [2.45, 2.75) is 18.4 Å². The van der Waals surface area contributed by atoms with Crippen molar-refractivity contribution in [2.24, 2.45) is 0 Å². The highest BCUT2D eigenvalue weighted by atomic mass is 32.2. The number of benzene rings is 1. The van der Waals surface area contributed by atoms with E-state index in [1.807, 2.05) is 6.92 Å². The van der Waals surface area contributed by atoms with Crippen LogP contribution in [0.2, 0.25) is 0 Å². The molecule has 23 heavy (non-hydrogen) atoms. The Balaban J connectivity index is 2.19. The van der Waals surface area contributed by atoms with Crippen LogP contribution < -0.4 is 10.1 Å². The quantitative estimate of drug-likeness (QED) is 0.871. The van der Waals surface area contributed by atoms with E-state index in [0.29, 0.717) is 12.5 Å². The molecule has 1 N–H and O–H groups in total. The van der Waals surface area contributed by atoms with Gasteiger partial charge >= 0.3 is 0 Å². The van der Waals surface area contributed by atoms with E-state index in [4.69, 9.17) is 4.74 Å². The number of carbonyl (C=O) groups is 1. The predicted molar refractivity (Wildman–Crippen MR) is 86.1 cm³/mol. The average molecular weight is 334 g/mol. The number of nitrogens with one attached hydrogen (secondary N) is 1. The van der Waals surface area contributed by atoms with Gasteiger partial charge in [0.05, 0.1) is 17.1 Å². The van der Waals surface area contributed by atoms with Gasteiger partial charge in [0.2, 0.25) is 5.88 Å². The third-order valence-electron chi connectivity index (χ3n) is 3.10. The Bertz CT molecular complexity index is 803. The number of rotatable bonds is 6. The zero-order valence-corrected chi connectivity index (χ0v) is 13.8. The van der Waals surface area contributed by atoms with E-state index in [9.17, 15) is 13.2 Å². The van der Waals surface area contributed by atoms with E-state index >= 15 is 0 Å². The van der Waals surface area contributed by atoms with Gasteiger partial charge in [-0.1, -0.05) is 18.2 Å². The van der Waals surface area contributed by atoms with Crippen molar-refractivity contribution in [3.05, 3.63) is 53.7 Å². The fraction of sp³-hybridized carbons (Fsp3) is 0.250. The number of carbonyl (C=O) groups excluding carboxylic acids is 1. The molecule has 1 aromatic carbocycles. The Hall–Kier alpha value is -2.41. The number of amides is 1. The van der Waals surface area contributed by atoms with Crippen LogP contribution in [0.3, 0.4) is 0 Å². The highest BCUT2D eigenvalue weighted by molar-refractivity contribution is 7.90. The van der Waals surface area contributed by atoms with E-state index in [1.165, 1.54) is 12.1 Å². The van der Waals surface area contributed by atoms with Crippen molar-refractivity contribution in [1.29, 1.82) is 0 Å². The number of sulfone groups is 1. The largest absolute Gasteiger partial charge is 0.478 e. The first-order valence-electron chi connectivity index (χ1n) is 7.07. The molecule has 2 aromatic rings. The highest BCUT2D eigenvalue weighted by Gasteiger charge is 2.18. The molecule has 6 nitrogen and oxygen atoms in total. The Morgan fingerprint density at radius 2 is 1.96 bits per heavy atom. The van der Waals surface area contributed by atoms with Crippen LogP contribution in [0.1, 0.15) is 22.8 Å². The molecule has 1 aromatic heterocycles. The standard InChI is InChI=1S/C16H18N2O4S/c1-3-22-16-12(7-6-10-17-16)11-18-15(19)13-8-4-5-9-14(13)23(2,20)21/h4-10H,3,11H2,1-2H3,(H,18,19). The minimum atomic E-state index is -3.48. The lowest BCUT2D eigenvalue weighted by Gasteiger charge is -2.11. The topological polar surface area (TPSA) is 85.4 Å². The molecule has 0 aliphatic heterocycles. The Morgan fingerprint density at radius 1 is 1.22 bits per heavy atom. The van der Waals surface area contributed by atoms with Crippen LogP contribution in [-0.2, 0) is 16.4 Å². The van der Waals surface area contributed by atoms with E-state index in [0.717, 1.165) is 11.8 Å². The minimum Gasteiger partial charge on any atom is -0.478 e. The third kappa shape index (κ3) is 4.29. The predicted octanol–water partition coefficient (Wildman–Crippen LogP) is 1.81. The molecule has 1 heterocycles. The highest BCUT2D eigenvalue weighted by Crippen LogP contribution is 2.17. The number of hydrogen-bond donors (Lipinski definition) is 1. The molecule has 0 unspecified atom stereocenters. The lowest BCUT2D eigenvalue weighted by atomic mass is 10.2. The van der Waals surface area contributed by atoms with Crippen molar-refractivity contribution in [1.82, 2.24) is 10.3 Å². The Labute approximate surface area is 135 Å². The first-order chi connectivity index (χ1) is 10.9. The van der Waals surface area contributed by atoms with Crippen molar-refractivity contribution in [3.63, 3.8) is 0 Å². The lowest BCUT2D eigenvalue weighted by molar-refractivity contribution is 0.0947. The van der Waals surface area contributed by atoms with Crippen LogP contribution in [0, 0.1) is 0 Å². The summed E-state index contributed by atoms with van der Waals surface area (Å²) in [6.07, 6.45) is 2.68. The number of hydrogen-bond acceptors (Lipinski definition) is 5. The lowest BCUT2D eigenvalue weighted by Crippen LogP contribution is -2.25. The molecule has 0 atom stereocenters. The van der Waals surface area contributed by atoms with Crippen LogP contribution >= 0.6 is 0 Å². The van der Waals surface area contributed by atoms with Crippen molar-refractivity contribution in [3.8, 4) is 5.88 Å². The van der Waals surface area contributed by atoms with Gasteiger partial charge in [0.25, 0.3) is 5.91 Å². The van der Waals surface area contributed by atoms with Gasteiger partial charge in [0.1, 0.15) is 0 Å². The Morgan fingerprint density at radius 3 is 2.65 bits per heavy atom. The van der Waals surface area contributed by atoms with Crippen LogP contribution in [0.5, 0.6) is 5.88 Å². The van der Waals surface area contributed by atoms with Gasteiger partial charge in [-0.3, -0.25) is 4.79 Å². The first kappa shape index (κ1) is 17.0. The second kappa shape index (κ2) is 7.23. The molecule has 7 heteroatoms. The molecule has 0 aliphatic carbocycles. The van der Waals surface area contributed by atoms with Crippen molar-refractivity contribution in [2.75, 3.05) is 12.9 Å². The fourth-order valence-corrected chi connectivity index (χ4v) is 2.96. The summed E-state index contributed by atoms with van der Waals surface area (Å²) in [5, 5.41) is 2.70. The third-order valence-corrected chi connectivity index (χ3v) is 4.26. The maximum Gasteiger partial charge on any atom is 0.252 e. The van der Waals surface area contributed by atoms with Gasteiger partial charge in [0, 0.05) is 24.6 Å². The summed E-state index contributed by atoms with van der Waals surface area (Å²) in [6, 6.07) is 9.65. The first-order valence-corrected chi connectivity index (χ1v) is 8.96. The molecular weight excluding hydrogens is 316 g/mol. The smallest absolute Gasteiger partial charge is 0.252 e. The van der Waals surface area contributed by atoms with E-state index < -0.39 is 15.7 Å². The molecule has 2 rings (SSSR count). The number of aromatic nitrogens is 1. The number of ether oxygens (including phenoxy) is 1. The van der Waals surface area contributed by atoms with Crippen molar-refractivity contribution < 1.29 is 17.9 Å². The molecule has 0 fully saturated rings. The molecule has 0 aliphatic rings. The van der Waals surface area contributed by atoms with Gasteiger partial charge in [-0.15, -0.1) is 0 Å². The molecule has 0 radical (unpaired) electrons. The normalized spacial score (nSPS) is 11.0. The van der Waals surface area contributed by atoms with E-state index in [2.05, 4.69) is 10.3 Å². The summed E-state index contributed by atoms with van der Waals surface area (Å²) in [5.41, 5.74) is 0.844. The maximum absolute atomic E-state index is 12.3. The second-order valence-corrected chi connectivity index (χ2v) is 6.84. The summed E-state index contributed by atoms with van der Waals surface area (Å²) in [6.45, 7) is 2.51. The van der Waals surface area contributed by atoms with E-state index in [-0.39, 0.29) is 17.0 Å². The number of pyridine rings is 1. The Kier molecular flexibility index (Phi) is 5.33. The van der Waals surface area contributed by atoms with Gasteiger partial charge in [0.15, 0.2) is 9.84 Å².